The molecule has 1 amide bonds. The van der Waals surface area contributed by atoms with Crippen molar-refractivity contribution in [2.45, 2.75) is 24.3 Å². The summed E-state index contributed by atoms with van der Waals surface area (Å²) < 4.78 is 0. The Balaban J connectivity index is 1.89. The smallest absolute Gasteiger partial charge is 0.245 e. The van der Waals surface area contributed by atoms with Gasteiger partial charge in [0.15, 0.2) is 0 Å². The van der Waals surface area contributed by atoms with Crippen LogP contribution < -0.4 is 11.2 Å². The Kier molecular flexibility index (Phi) is 3.60. The first-order valence-electron chi connectivity index (χ1n) is 5.79. The molecule has 1 aliphatic carbocycles. The molecule has 0 saturated heterocycles. The van der Waals surface area contributed by atoms with Gasteiger partial charge in [-0.15, -0.1) is 0 Å². The highest BCUT2D eigenvalue weighted by molar-refractivity contribution is 5.74. The molecule has 1 saturated carbocycles. The topological polar surface area (TPSA) is 88.1 Å². The highest BCUT2D eigenvalue weighted by Gasteiger charge is 2.46. The first-order chi connectivity index (χ1) is 8.66. The first kappa shape index (κ1) is 12.6. The van der Waals surface area contributed by atoms with E-state index >= 15 is 0 Å². The Morgan fingerprint density at radius 3 is 2.72 bits per heavy atom. The average molecular weight is 245 g/mol. The Bertz CT molecular complexity index is 461. The van der Waals surface area contributed by atoms with Gasteiger partial charge in [0, 0.05) is 6.04 Å². The fourth-order valence-corrected chi connectivity index (χ4v) is 2.24. The van der Waals surface area contributed by atoms with Crippen LogP contribution in [0.25, 0.3) is 0 Å². The minimum Gasteiger partial charge on any atom is -0.368 e. The van der Waals surface area contributed by atoms with Crippen LogP contribution in [0.5, 0.6) is 0 Å². The van der Waals surface area contributed by atoms with Crippen molar-refractivity contribution in [1.82, 2.24) is 5.48 Å². The molecule has 0 aliphatic heterocycles. The lowest BCUT2D eigenvalue weighted by Crippen LogP contribution is -2.51. The number of hydrogen-bond acceptors (Lipinski definition) is 4. The van der Waals surface area contributed by atoms with Crippen molar-refractivity contribution in [3.05, 3.63) is 35.9 Å². The van der Waals surface area contributed by atoms with E-state index in [0.29, 0.717) is 12.8 Å². The third kappa shape index (κ3) is 2.50. The summed E-state index contributed by atoms with van der Waals surface area (Å²) in [4.78, 5) is 15.4. The summed E-state index contributed by atoms with van der Waals surface area (Å²) in [6.07, 6.45) is 1.35. The summed E-state index contributed by atoms with van der Waals surface area (Å²) in [6.45, 7) is -0.151. The molecule has 3 N–H and O–H groups in total. The lowest BCUT2D eigenvalue weighted by Gasteiger charge is -2.42. The van der Waals surface area contributed by atoms with Gasteiger partial charge < -0.3 is 5.73 Å². The lowest BCUT2D eigenvalue weighted by atomic mass is 9.63. The largest absolute Gasteiger partial charge is 0.368 e. The van der Waals surface area contributed by atoms with Crippen LogP contribution in [0.2, 0.25) is 0 Å². The summed E-state index contributed by atoms with van der Waals surface area (Å²) in [6, 6.07) is 12.2. The summed E-state index contributed by atoms with van der Waals surface area (Å²) >= 11 is 0. The predicted octanol–water partition coefficient (Wildman–Crippen LogP) is 0.617. The minimum absolute atomic E-state index is 0.0872. The number of nitriles is 1. The second kappa shape index (κ2) is 5.17. The second-order valence-corrected chi connectivity index (χ2v) is 4.54. The number of nitrogens with zero attached hydrogens (tertiary/aromatic N) is 1. The molecule has 94 valence electrons. The van der Waals surface area contributed by atoms with Gasteiger partial charge in [0.1, 0.15) is 6.61 Å². The van der Waals surface area contributed by atoms with Crippen LogP contribution in [-0.4, -0.2) is 18.6 Å². The van der Waals surface area contributed by atoms with E-state index in [1.165, 1.54) is 0 Å². The number of hydroxylamine groups is 1. The van der Waals surface area contributed by atoms with E-state index < -0.39 is 11.3 Å². The first-order valence-corrected chi connectivity index (χ1v) is 5.79. The number of primary amides is 1. The Labute approximate surface area is 105 Å². The number of nitrogens with one attached hydrogen (secondary N) is 1. The zero-order valence-corrected chi connectivity index (χ0v) is 9.93. The van der Waals surface area contributed by atoms with Gasteiger partial charge in [-0.2, -0.15) is 10.7 Å². The molecule has 0 bridgehead atoms. The quantitative estimate of drug-likeness (QED) is 0.744. The van der Waals surface area contributed by atoms with Crippen molar-refractivity contribution in [1.29, 1.82) is 5.26 Å². The van der Waals surface area contributed by atoms with E-state index in [4.69, 9.17) is 10.6 Å². The van der Waals surface area contributed by atoms with Crippen molar-refractivity contribution in [3.8, 4) is 6.07 Å². The molecule has 0 unspecified atom stereocenters. The molecule has 5 nitrogen and oxygen atoms in total. The Morgan fingerprint density at radius 1 is 1.50 bits per heavy atom. The number of carbonyl (C=O) groups excluding carboxylic acids is 1. The van der Waals surface area contributed by atoms with Gasteiger partial charge in [-0.25, -0.2) is 0 Å². The summed E-state index contributed by atoms with van der Waals surface area (Å²) in [5.74, 6) is -0.517. The summed E-state index contributed by atoms with van der Waals surface area (Å²) in [5, 5.41) is 9.33. The molecule has 0 aromatic heterocycles. The monoisotopic (exact) mass is 245 g/mol. The highest BCUT2D eigenvalue weighted by atomic mass is 16.6. The van der Waals surface area contributed by atoms with Gasteiger partial charge in [-0.3, -0.25) is 9.63 Å². The number of rotatable bonds is 5. The molecule has 1 aromatic rings. The maximum Gasteiger partial charge on any atom is 0.245 e. The standard InChI is InChI=1S/C13H15N3O2/c14-9-13(10-4-2-1-3-5-10)6-11(7-13)16-18-8-12(15)17/h1-5,11,16H,6-8H2,(H2,15,17). The zero-order valence-electron chi connectivity index (χ0n) is 9.93. The normalized spacial score (nSPS) is 26.1. The van der Waals surface area contributed by atoms with E-state index in [1.807, 2.05) is 30.3 Å². The molecular formula is C13H15N3O2. The predicted molar refractivity (Wildman–Crippen MR) is 65.0 cm³/mol. The van der Waals surface area contributed by atoms with Crippen LogP contribution in [-0.2, 0) is 15.0 Å². The fraction of sp³-hybridized carbons (Fsp3) is 0.385. The third-order valence-electron chi connectivity index (χ3n) is 3.19. The molecule has 0 atom stereocenters. The van der Waals surface area contributed by atoms with E-state index in [1.54, 1.807) is 0 Å². The Hall–Kier alpha value is -1.90. The van der Waals surface area contributed by atoms with Crippen LogP contribution in [0.3, 0.4) is 0 Å². The third-order valence-corrected chi connectivity index (χ3v) is 3.19. The summed E-state index contributed by atoms with van der Waals surface area (Å²) in [7, 11) is 0. The van der Waals surface area contributed by atoms with E-state index in [0.717, 1.165) is 5.56 Å². The van der Waals surface area contributed by atoms with E-state index in [2.05, 4.69) is 11.5 Å². The molecule has 1 aromatic carbocycles. The SMILES string of the molecule is N#CC1(c2ccccc2)CC(NOCC(N)=O)C1. The molecule has 0 spiro atoms. The molecule has 5 heteroatoms. The van der Waals surface area contributed by atoms with Crippen LogP contribution in [0.15, 0.2) is 30.3 Å². The number of benzene rings is 1. The van der Waals surface area contributed by atoms with Gasteiger partial charge >= 0.3 is 0 Å². The number of nitrogens with two attached hydrogens (primary N) is 1. The van der Waals surface area contributed by atoms with E-state index in [9.17, 15) is 10.1 Å². The average Bonchev–Trinajstić information content (AvgIpc) is 2.33. The van der Waals surface area contributed by atoms with Crippen LogP contribution in [0.1, 0.15) is 18.4 Å². The van der Waals surface area contributed by atoms with Crippen LogP contribution >= 0.6 is 0 Å². The van der Waals surface area contributed by atoms with Gasteiger partial charge in [-0.05, 0) is 18.4 Å². The molecule has 1 aliphatic rings. The van der Waals surface area contributed by atoms with Crippen molar-refractivity contribution >= 4 is 5.91 Å². The molecule has 2 rings (SSSR count). The minimum atomic E-state index is -0.517. The lowest BCUT2D eigenvalue weighted by molar-refractivity contribution is -0.127. The van der Waals surface area contributed by atoms with Crippen molar-refractivity contribution in [3.63, 3.8) is 0 Å². The summed E-state index contributed by atoms with van der Waals surface area (Å²) in [5.41, 5.74) is 8.30. The van der Waals surface area contributed by atoms with Crippen LogP contribution in [0.4, 0.5) is 0 Å². The van der Waals surface area contributed by atoms with Gasteiger partial charge in [0.2, 0.25) is 5.91 Å². The molecule has 18 heavy (non-hydrogen) atoms. The Morgan fingerprint density at radius 2 is 2.17 bits per heavy atom. The van der Waals surface area contributed by atoms with Gasteiger partial charge in [-0.1, -0.05) is 30.3 Å². The fourth-order valence-electron chi connectivity index (χ4n) is 2.24. The number of hydrogen-bond donors (Lipinski definition) is 2. The van der Waals surface area contributed by atoms with Crippen molar-refractivity contribution < 1.29 is 9.63 Å². The highest BCUT2D eigenvalue weighted by Crippen LogP contribution is 2.43. The maximum atomic E-state index is 10.5. The molecule has 0 radical (unpaired) electrons. The van der Waals surface area contributed by atoms with Crippen molar-refractivity contribution in [2.75, 3.05) is 6.61 Å². The second-order valence-electron chi connectivity index (χ2n) is 4.54. The molecular weight excluding hydrogens is 230 g/mol. The van der Waals surface area contributed by atoms with Crippen molar-refractivity contribution in [2.24, 2.45) is 5.73 Å². The number of amides is 1. The molecule has 1 fully saturated rings. The molecule has 0 heterocycles. The van der Waals surface area contributed by atoms with E-state index in [-0.39, 0.29) is 12.6 Å². The van der Waals surface area contributed by atoms with Crippen LogP contribution in [0, 0.1) is 11.3 Å². The zero-order chi connectivity index (χ0) is 13.0. The number of carbonyl (C=O) groups is 1. The van der Waals surface area contributed by atoms with Gasteiger partial charge in [0.05, 0.1) is 11.5 Å². The van der Waals surface area contributed by atoms with Gasteiger partial charge in [0.25, 0.3) is 0 Å². The maximum absolute atomic E-state index is 10.5.